The van der Waals surface area contributed by atoms with Gasteiger partial charge < -0.3 is 24.2 Å². The number of aliphatic carboxylic acids is 1. The van der Waals surface area contributed by atoms with Crippen molar-refractivity contribution in [3.05, 3.63) is 78.0 Å². The highest BCUT2D eigenvalue weighted by molar-refractivity contribution is 7.90. The predicted octanol–water partition coefficient (Wildman–Crippen LogP) is 3.67. The Morgan fingerprint density at radius 1 is 1.04 bits per heavy atom. The van der Waals surface area contributed by atoms with E-state index in [0.29, 0.717) is 48.7 Å². The molecule has 0 spiro atoms. The molecule has 2 amide bonds. The Hall–Kier alpha value is -5.19. The van der Waals surface area contributed by atoms with Gasteiger partial charge in [-0.1, -0.05) is 0 Å². The maximum atomic E-state index is 13.9. The van der Waals surface area contributed by atoms with E-state index in [2.05, 4.69) is 10.1 Å². The lowest BCUT2D eigenvalue weighted by Crippen LogP contribution is -2.39. The molecule has 47 heavy (non-hydrogen) atoms. The molecule has 0 saturated carbocycles. The van der Waals surface area contributed by atoms with Crippen LogP contribution >= 0.6 is 0 Å². The lowest BCUT2D eigenvalue weighted by molar-refractivity contribution is -0.192. The third kappa shape index (κ3) is 7.62. The summed E-state index contributed by atoms with van der Waals surface area (Å²) in [5.41, 5.74) is 2.70. The van der Waals surface area contributed by atoms with E-state index in [9.17, 15) is 31.2 Å². The number of nitrogens with zero attached hydrogens (tertiary/aromatic N) is 6. The van der Waals surface area contributed by atoms with E-state index < -0.39 is 22.0 Å². The highest BCUT2D eigenvalue weighted by Gasteiger charge is 2.38. The summed E-state index contributed by atoms with van der Waals surface area (Å²) in [6.45, 7) is 4.72. The molecule has 2 aromatic heterocycles. The minimum atomic E-state index is -5.08. The van der Waals surface area contributed by atoms with Gasteiger partial charge in [-0.05, 0) is 61.9 Å². The number of hydrogen-bond donors (Lipinski definition) is 1. The number of ether oxygens (including phenoxy) is 1. The van der Waals surface area contributed by atoms with E-state index in [4.69, 9.17) is 14.6 Å². The van der Waals surface area contributed by atoms with Gasteiger partial charge in [0, 0.05) is 55.6 Å². The molecule has 0 atom stereocenters. The zero-order chi connectivity index (χ0) is 34.7. The third-order valence-electron chi connectivity index (χ3n) is 7.21. The fourth-order valence-corrected chi connectivity index (χ4v) is 5.76. The first-order chi connectivity index (χ1) is 22.1. The minimum Gasteiger partial charge on any atom is -0.497 e. The molecule has 0 fully saturated rings. The fraction of sp³-hybridized carbons (Fsp3) is 0.300. The second-order valence-corrected chi connectivity index (χ2v) is 12.2. The summed E-state index contributed by atoms with van der Waals surface area (Å²) in [4.78, 5) is 42.4. The summed E-state index contributed by atoms with van der Waals surface area (Å²) in [5.74, 6) is -1.77. The number of aromatic nitrogens is 4. The molecule has 13 nitrogen and oxygen atoms in total. The van der Waals surface area contributed by atoms with Gasteiger partial charge in [0.25, 0.3) is 5.91 Å². The van der Waals surface area contributed by atoms with Crippen molar-refractivity contribution in [1.29, 1.82) is 0 Å². The van der Waals surface area contributed by atoms with Crippen molar-refractivity contribution < 1.29 is 45.8 Å². The topological polar surface area (TPSA) is 157 Å². The first-order valence-corrected chi connectivity index (χ1v) is 15.9. The molecule has 0 radical (unpaired) electrons. The summed E-state index contributed by atoms with van der Waals surface area (Å²) >= 11 is 0. The molecule has 1 aliphatic rings. The van der Waals surface area contributed by atoms with Gasteiger partial charge in [-0.25, -0.2) is 22.9 Å². The van der Waals surface area contributed by atoms with Crippen LogP contribution in [0.2, 0.25) is 0 Å². The normalized spacial score (nSPS) is 13.0. The summed E-state index contributed by atoms with van der Waals surface area (Å²) < 4.78 is 65.4. The van der Waals surface area contributed by atoms with E-state index in [1.807, 2.05) is 42.0 Å². The number of methoxy groups -OCH3 is 1. The molecule has 2 aromatic carbocycles. The second kappa shape index (κ2) is 13.7. The molecule has 250 valence electrons. The van der Waals surface area contributed by atoms with Crippen molar-refractivity contribution in [3.63, 3.8) is 0 Å². The van der Waals surface area contributed by atoms with Crippen LogP contribution in [0.15, 0.2) is 66.0 Å². The Bertz CT molecular complexity index is 1890. The standard InChI is InChI=1S/C28H30N6O5S.C2HF3O2/c1-5-31(19(2)35)18-25-29-15-17-32(25)20-6-8-21(9-7-20)33-16-14-24-26(28(33)36)34(30-27(24)40(4,37)38)22-10-12-23(39-3)13-11-22;3-2(4,5)1(6)7/h6-13,15,17H,5,14,16,18H2,1-4H3;(H,6,7). The number of alkyl halides is 3. The van der Waals surface area contributed by atoms with Crippen molar-refractivity contribution in [2.75, 3.05) is 31.4 Å². The monoisotopic (exact) mass is 676 g/mol. The Morgan fingerprint density at radius 2 is 1.62 bits per heavy atom. The van der Waals surface area contributed by atoms with E-state index in [1.54, 1.807) is 47.4 Å². The van der Waals surface area contributed by atoms with Gasteiger partial charge in [-0.2, -0.15) is 18.3 Å². The smallest absolute Gasteiger partial charge is 0.490 e. The van der Waals surface area contributed by atoms with Crippen LogP contribution in [0.3, 0.4) is 0 Å². The molecule has 0 aliphatic carbocycles. The number of carboxylic acid groups (broad SMARTS) is 1. The van der Waals surface area contributed by atoms with Gasteiger partial charge in [0.05, 0.1) is 19.3 Å². The van der Waals surface area contributed by atoms with Gasteiger partial charge in [0.15, 0.2) is 14.9 Å². The van der Waals surface area contributed by atoms with Crippen molar-refractivity contribution in [2.24, 2.45) is 0 Å². The van der Waals surface area contributed by atoms with Crippen LogP contribution in [0.25, 0.3) is 11.4 Å². The second-order valence-electron chi connectivity index (χ2n) is 10.3. The Labute approximate surface area is 267 Å². The number of halogens is 3. The SMILES string of the molecule is CCN(Cc1nccn1-c1ccc(N2CCc3c(S(C)(=O)=O)nn(-c4ccc(OC)cc4)c3C2=O)cc1)C(C)=O.O=C(O)C(F)(F)F. The molecule has 5 rings (SSSR count). The highest BCUT2D eigenvalue weighted by Crippen LogP contribution is 2.31. The van der Waals surface area contributed by atoms with Gasteiger partial charge in [-0.15, -0.1) is 0 Å². The van der Waals surface area contributed by atoms with Crippen molar-refractivity contribution in [2.45, 2.75) is 38.0 Å². The van der Waals surface area contributed by atoms with Crippen LogP contribution in [0.4, 0.5) is 18.9 Å². The number of benzene rings is 2. The number of hydrogen-bond acceptors (Lipinski definition) is 8. The van der Waals surface area contributed by atoms with E-state index in [0.717, 1.165) is 17.8 Å². The number of carbonyl (C=O) groups is 3. The van der Waals surface area contributed by atoms with Crippen LogP contribution in [0, 0.1) is 0 Å². The van der Waals surface area contributed by atoms with E-state index in [-0.39, 0.29) is 22.5 Å². The maximum absolute atomic E-state index is 13.9. The molecule has 0 saturated heterocycles. The zero-order valence-corrected chi connectivity index (χ0v) is 26.5. The van der Waals surface area contributed by atoms with Crippen molar-refractivity contribution in [3.8, 4) is 17.1 Å². The average molecular weight is 677 g/mol. The van der Waals surface area contributed by atoms with Gasteiger partial charge in [-0.3, -0.25) is 9.59 Å². The quantitative estimate of drug-likeness (QED) is 0.294. The largest absolute Gasteiger partial charge is 0.497 e. The summed E-state index contributed by atoms with van der Waals surface area (Å²) in [5, 5.41) is 11.4. The fourth-order valence-electron chi connectivity index (χ4n) is 4.88. The minimum absolute atomic E-state index is 0.0247. The first kappa shape index (κ1) is 34.7. The molecule has 0 bridgehead atoms. The maximum Gasteiger partial charge on any atom is 0.490 e. The Kier molecular flexibility index (Phi) is 10.1. The van der Waals surface area contributed by atoms with Crippen LogP contribution in [0.5, 0.6) is 5.75 Å². The number of sulfone groups is 1. The lowest BCUT2D eigenvalue weighted by atomic mass is 10.1. The number of anilines is 1. The highest BCUT2D eigenvalue weighted by atomic mass is 32.2. The van der Waals surface area contributed by atoms with E-state index >= 15 is 0 Å². The molecule has 0 unspecified atom stereocenters. The number of carbonyl (C=O) groups excluding carboxylic acids is 2. The zero-order valence-electron chi connectivity index (χ0n) is 25.7. The molecule has 3 heterocycles. The van der Waals surface area contributed by atoms with E-state index in [1.165, 1.54) is 11.6 Å². The van der Waals surface area contributed by atoms with Gasteiger partial charge >= 0.3 is 12.1 Å². The Morgan fingerprint density at radius 3 is 2.13 bits per heavy atom. The van der Waals surface area contributed by atoms with Crippen LogP contribution in [0.1, 0.15) is 35.7 Å². The summed E-state index contributed by atoms with van der Waals surface area (Å²) in [6.07, 6.45) is -0.127. The molecule has 1 aliphatic heterocycles. The predicted molar refractivity (Wildman–Crippen MR) is 163 cm³/mol. The van der Waals surface area contributed by atoms with Crippen LogP contribution in [-0.4, -0.2) is 88.2 Å². The molecule has 1 N–H and O–H groups in total. The number of carboxylic acids is 1. The number of rotatable bonds is 8. The Balaban J connectivity index is 0.000000644. The van der Waals surface area contributed by atoms with Crippen molar-refractivity contribution >= 4 is 33.3 Å². The first-order valence-electron chi connectivity index (χ1n) is 14.0. The molecule has 17 heteroatoms. The molecular weight excluding hydrogens is 645 g/mol. The van der Waals surface area contributed by atoms with Gasteiger partial charge in [0.2, 0.25) is 5.91 Å². The molecular formula is C30H31F3N6O7S. The summed E-state index contributed by atoms with van der Waals surface area (Å²) in [6, 6.07) is 14.4. The average Bonchev–Trinajstić information content (AvgIpc) is 3.65. The van der Waals surface area contributed by atoms with Gasteiger partial charge in [0.1, 0.15) is 17.3 Å². The third-order valence-corrected chi connectivity index (χ3v) is 8.24. The summed E-state index contributed by atoms with van der Waals surface area (Å²) in [7, 11) is -2.11. The van der Waals surface area contributed by atoms with Crippen LogP contribution in [-0.2, 0) is 32.4 Å². The van der Waals surface area contributed by atoms with Crippen LogP contribution < -0.4 is 9.64 Å². The number of imidazole rings is 1. The molecule has 4 aromatic rings. The number of fused-ring (bicyclic) bond motifs is 1. The lowest BCUT2D eigenvalue weighted by Gasteiger charge is -2.28. The van der Waals surface area contributed by atoms with Crippen molar-refractivity contribution in [1.82, 2.24) is 24.2 Å². The number of amides is 2.